The van der Waals surface area contributed by atoms with Gasteiger partial charge in [0.1, 0.15) is 5.75 Å². The van der Waals surface area contributed by atoms with Gasteiger partial charge in [-0.25, -0.2) is 0 Å². The van der Waals surface area contributed by atoms with Crippen LogP contribution in [0, 0.1) is 0 Å². The minimum absolute atomic E-state index is 0.171. The van der Waals surface area contributed by atoms with Crippen molar-refractivity contribution in [2.75, 3.05) is 58.1 Å². The van der Waals surface area contributed by atoms with Crippen LogP contribution in [0.25, 0.3) is 17.0 Å². The van der Waals surface area contributed by atoms with Crippen molar-refractivity contribution in [3.05, 3.63) is 65.9 Å². The van der Waals surface area contributed by atoms with Crippen LogP contribution in [-0.2, 0) is 16.1 Å². The molecule has 9 nitrogen and oxygen atoms in total. The molecule has 1 atom stereocenters. The van der Waals surface area contributed by atoms with E-state index in [1.807, 2.05) is 67.7 Å². The lowest BCUT2D eigenvalue weighted by Crippen LogP contribution is -2.38. The van der Waals surface area contributed by atoms with E-state index in [9.17, 15) is 9.90 Å². The second kappa shape index (κ2) is 12.6. The zero-order valence-electron chi connectivity index (χ0n) is 22.7. The third-order valence-electron chi connectivity index (χ3n) is 7.22. The number of nitrogens with zero attached hydrogens (tertiary/aromatic N) is 4. The quantitative estimate of drug-likeness (QED) is 0.292. The SMILES string of the molecule is COc1ccc(N2N=C(C)/C(=C\c3cn(CC(O)CNCCCN4CCOCC4)c4ccccc34)C2=O)cc1. The molecule has 0 bridgehead atoms. The molecule has 5 rings (SSSR count). The summed E-state index contributed by atoms with van der Waals surface area (Å²) in [6.07, 6.45) is 4.42. The number of carbonyl (C=O) groups excluding carboxylic acids is 1. The Morgan fingerprint density at radius 2 is 1.92 bits per heavy atom. The highest BCUT2D eigenvalue weighted by atomic mass is 16.5. The molecule has 0 spiro atoms. The number of hydrogen-bond acceptors (Lipinski definition) is 7. The number of amides is 1. The molecular formula is C30H37N5O4. The Morgan fingerprint density at radius 3 is 2.69 bits per heavy atom. The molecular weight excluding hydrogens is 494 g/mol. The van der Waals surface area contributed by atoms with Gasteiger partial charge in [-0.1, -0.05) is 18.2 Å². The van der Waals surface area contributed by atoms with Crippen molar-refractivity contribution in [1.29, 1.82) is 0 Å². The molecule has 39 heavy (non-hydrogen) atoms. The molecule has 1 saturated heterocycles. The minimum Gasteiger partial charge on any atom is -0.497 e. The van der Waals surface area contributed by atoms with Crippen LogP contribution in [-0.4, -0.2) is 85.3 Å². The van der Waals surface area contributed by atoms with E-state index in [-0.39, 0.29) is 5.91 Å². The van der Waals surface area contributed by atoms with E-state index >= 15 is 0 Å². The summed E-state index contributed by atoms with van der Waals surface area (Å²) >= 11 is 0. The molecule has 1 amide bonds. The Kier molecular flexibility index (Phi) is 8.73. The average Bonchev–Trinajstić information content (AvgIpc) is 3.45. The first-order valence-corrected chi connectivity index (χ1v) is 13.6. The summed E-state index contributed by atoms with van der Waals surface area (Å²) in [6.45, 7) is 8.37. The van der Waals surface area contributed by atoms with Crippen molar-refractivity contribution < 1.29 is 19.4 Å². The van der Waals surface area contributed by atoms with Gasteiger partial charge in [-0.15, -0.1) is 0 Å². The molecule has 0 saturated carbocycles. The zero-order valence-corrected chi connectivity index (χ0v) is 22.7. The normalized spacial score (nSPS) is 18.2. The van der Waals surface area contributed by atoms with Gasteiger partial charge in [0.2, 0.25) is 0 Å². The first-order chi connectivity index (χ1) is 19.0. The van der Waals surface area contributed by atoms with Gasteiger partial charge in [0, 0.05) is 48.8 Å². The van der Waals surface area contributed by atoms with Crippen molar-refractivity contribution in [3.63, 3.8) is 0 Å². The predicted octanol–water partition coefficient (Wildman–Crippen LogP) is 3.13. The molecule has 0 radical (unpaired) electrons. The molecule has 1 aromatic heterocycles. The fourth-order valence-electron chi connectivity index (χ4n) is 5.09. The Morgan fingerprint density at radius 1 is 1.15 bits per heavy atom. The fourth-order valence-corrected chi connectivity index (χ4v) is 5.09. The number of hydrogen-bond donors (Lipinski definition) is 2. The highest BCUT2D eigenvalue weighted by Gasteiger charge is 2.29. The molecule has 9 heteroatoms. The Balaban J connectivity index is 1.24. The second-order valence-electron chi connectivity index (χ2n) is 9.98. The van der Waals surface area contributed by atoms with E-state index in [4.69, 9.17) is 9.47 Å². The summed E-state index contributed by atoms with van der Waals surface area (Å²) in [5.41, 5.74) is 3.84. The van der Waals surface area contributed by atoms with E-state index in [0.717, 1.165) is 68.0 Å². The number of aliphatic hydroxyl groups excluding tert-OH is 1. The van der Waals surface area contributed by atoms with Crippen LogP contribution in [0.4, 0.5) is 5.69 Å². The van der Waals surface area contributed by atoms with Crippen molar-refractivity contribution in [3.8, 4) is 5.75 Å². The minimum atomic E-state index is -0.535. The van der Waals surface area contributed by atoms with E-state index in [1.165, 1.54) is 5.01 Å². The number of anilines is 1. The Labute approximate surface area is 229 Å². The molecule has 2 aliphatic heterocycles. The topological polar surface area (TPSA) is 91.6 Å². The second-order valence-corrected chi connectivity index (χ2v) is 9.98. The number of para-hydroxylation sites is 1. The van der Waals surface area contributed by atoms with Crippen LogP contribution in [0.15, 0.2) is 65.4 Å². The number of benzene rings is 2. The highest BCUT2D eigenvalue weighted by Crippen LogP contribution is 2.29. The number of methoxy groups -OCH3 is 1. The number of aromatic nitrogens is 1. The average molecular weight is 532 g/mol. The van der Waals surface area contributed by atoms with Gasteiger partial charge in [-0.2, -0.15) is 10.1 Å². The smallest absolute Gasteiger partial charge is 0.280 e. The van der Waals surface area contributed by atoms with E-state index in [1.54, 1.807) is 7.11 Å². The summed E-state index contributed by atoms with van der Waals surface area (Å²) < 4.78 is 12.7. The van der Waals surface area contributed by atoms with Crippen molar-refractivity contribution in [2.24, 2.45) is 5.10 Å². The Bertz CT molecular complexity index is 1340. The molecule has 3 aromatic rings. The van der Waals surface area contributed by atoms with Crippen molar-refractivity contribution >= 4 is 34.3 Å². The number of ether oxygens (including phenoxy) is 2. The maximum Gasteiger partial charge on any atom is 0.280 e. The summed E-state index contributed by atoms with van der Waals surface area (Å²) in [5, 5.41) is 21.1. The standard InChI is InChI=1S/C30H37N5O4/c1-22-28(30(37)35(32-22)24-8-10-26(38-2)11-9-24)18-23-20-34(29-7-4-3-6-27(23)29)21-25(36)19-31-12-5-13-33-14-16-39-17-15-33/h3-4,6-11,18,20,25,31,36H,5,12-17,19,21H2,1-2H3/b28-18+. The summed E-state index contributed by atoms with van der Waals surface area (Å²) in [6, 6.07) is 15.3. The number of morpholine rings is 1. The maximum atomic E-state index is 13.3. The van der Waals surface area contributed by atoms with Gasteiger partial charge < -0.3 is 24.5 Å². The number of rotatable bonds is 11. The lowest BCUT2D eigenvalue weighted by atomic mass is 10.1. The summed E-state index contributed by atoms with van der Waals surface area (Å²) in [5.74, 6) is 0.552. The van der Waals surface area contributed by atoms with E-state index < -0.39 is 6.10 Å². The van der Waals surface area contributed by atoms with Crippen LogP contribution < -0.4 is 15.1 Å². The van der Waals surface area contributed by atoms with Crippen LogP contribution in [0.2, 0.25) is 0 Å². The zero-order chi connectivity index (χ0) is 27.2. The molecule has 1 unspecified atom stereocenters. The third kappa shape index (κ3) is 6.39. The molecule has 0 aliphatic carbocycles. The van der Waals surface area contributed by atoms with Gasteiger partial charge >= 0.3 is 0 Å². The molecule has 2 N–H and O–H groups in total. The predicted molar refractivity (Wildman–Crippen MR) is 154 cm³/mol. The van der Waals surface area contributed by atoms with E-state index in [0.29, 0.717) is 30.1 Å². The van der Waals surface area contributed by atoms with Crippen molar-refractivity contribution in [2.45, 2.75) is 26.0 Å². The largest absolute Gasteiger partial charge is 0.497 e. The molecule has 206 valence electrons. The molecule has 2 aliphatic rings. The van der Waals surface area contributed by atoms with Gasteiger partial charge in [-0.3, -0.25) is 9.69 Å². The van der Waals surface area contributed by atoms with Gasteiger partial charge in [0.05, 0.1) is 43.4 Å². The lowest BCUT2D eigenvalue weighted by Gasteiger charge is -2.26. The van der Waals surface area contributed by atoms with Crippen LogP contribution in [0.5, 0.6) is 5.75 Å². The third-order valence-corrected chi connectivity index (χ3v) is 7.22. The summed E-state index contributed by atoms with van der Waals surface area (Å²) in [7, 11) is 1.61. The van der Waals surface area contributed by atoms with Crippen molar-refractivity contribution in [1.82, 2.24) is 14.8 Å². The van der Waals surface area contributed by atoms with Crippen LogP contribution in [0.1, 0.15) is 18.9 Å². The number of carbonyl (C=O) groups is 1. The summed E-state index contributed by atoms with van der Waals surface area (Å²) in [4.78, 5) is 15.7. The number of fused-ring (bicyclic) bond motifs is 1. The monoisotopic (exact) mass is 531 g/mol. The number of hydrazone groups is 1. The molecule has 2 aromatic carbocycles. The first-order valence-electron chi connectivity index (χ1n) is 13.6. The maximum absolute atomic E-state index is 13.3. The van der Waals surface area contributed by atoms with Crippen LogP contribution >= 0.6 is 0 Å². The molecule has 3 heterocycles. The number of nitrogens with one attached hydrogen (secondary N) is 1. The number of aliphatic hydroxyl groups is 1. The van der Waals surface area contributed by atoms with Gasteiger partial charge in [0.25, 0.3) is 5.91 Å². The fraction of sp³-hybridized carbons (Fsp3) is 0.400. The van der Waals surface area contributed by atoms with E-state index in [2.05, 4.69) is 19.9 Å². The highest BCUT2D eigenvalue weighted by molar-refractivity contribution is 6.32. The Hall–Kier alpha value is -3.50. The van der Waals surface area contributed by atoms with Gasteiger partial charge in [-0.05, 0) is 62.8 Å². The first kappa shape index (κ1) is 27.1. The lowest BCUT2D eigenvalue weighted by molar-refractivity contribution is -0.114. The molecule has 1 fully saturated rings. The van der Waals surface area contributed by atoms with Gasteiger partial charge in [0.15, 0.2) is 0 Å². The van der Waals surface area contributed by atoms with Crippen LogP contribution in [0.3, 0.4) is 0 Å².